The van der Waals surface area contributed by atoms with Crippen molar-refractivity contribution in [2.75, 3.05) is 12.8 Å². The van der Waals surface area contributed by atoms with Gasteiger partial charge in [0.25, 0.3) is 0 Å². The van der Waals surface area contributed by atoms with E-state index < -0.39 is 17.8 Å². The number of benzene rings is 1. The third-order valence-electron chi connectivity index (χ3n) is 3.47. The highest BCUT2D eigenvalue weighted by molar-refractivity contribution is 6.44. The van der Waals surface area contributed by atoms with Crippen molar-refractivity contribution >= 4 is 34.4 Å². The highest BCUT2D eigenvalue weighted by Crippen LogP contribution is 2.25. The Bertz CT molecular complexity index is 787. The molecule has 0 atom stereocenters. The average Bonchev–Trinajstić information content (AvgIpc) is 2.68. The molecule has 1 fully saturated rings. The Hall–Kier alpha value is -2.96. The maximum atomic E-state index is 11.9. The molecule has 2 aromatic rings. The van der Waals surface area contributed by atoms with E-state index in [2.05, 4.69) is 4.98 Å². The molecule has 0 aliphatic carbocycles. The molecule has 1 aliphatic rings. The van der Waals surface area contributed by atoms with E-state index in [1.165, 1.54) is 7.05 Å². The fourth-order valence-corrected chi connectivity index (χ4v) is 2.30. The number of carbonyl (C=O) groups is 3. The van der Waals surface area contributed by atoms with Crippen LogP contribution in [-0.4, -0.2) is 39.7 Å². The molecule has 0 bridgehead atoms. The van der Waals surface area contributed by atoms with Crippen LogP contribution in [0.4, 0.5) is 10.5 Å². The maximum Gasteiger partial charge on any atom is 0.334 e. The zero-order chi connectivity index (χ0) is 15.1. The fourth-order valence-electron chi connectivity index (χ4n) is 2.30. The molecule has 1 aliphatic heterocycles. The summed E-state index contributed by atoms with van der Waals surface area (Å²) in [4.78, 5) is 41.2. The zero-order valence-corrected chi connectivity index (χ0v) is 11.2. The topological polar surface area (TPSA) is 96.6 Å². The van der Waals surface area contributed by atoms with Crippen molar-refractivity contribution < 1.29 is 14.4 Å². The second-order valence-electron chi connectivity index (χ2n) is 4.75. The van der Waals surface area contributed by atoms with E-state index in [1.54, 1.807) is 24.4 Å². The molecular weight excluding hydrogens is 272 g/mol. The first-order valence-corrected chi connectivity index (χ1v) is 6.26. The SMILES string of the molecule is CN1C(=O)C(=O)N(Cc2ccc(N)c3cccnc23)C1=O. The Morgan fingerprint density at radius 3 is 2.57 bits per heavy atom. The van der Waals surface area contributed by atoms with Gasteiger partial charge in [-0.15, -0.1) is 0 Å². The molecule has 21 heavy (non-hydrogen) atoms. The molecule has 0 spiro atoms. The number of rotatable bonds is 2. The van der Waals surface area contributed by atoms with Gasteiger partial charge in [0.15, 0.2) is 0 Å². The number of hydrogen-bond donors (Lipinski definition) is 1. The number of nitrogen functional groups attached to an aromatic ring is 1. The van der Waals surface area contributed by atoms with E-state index in [-0.39, 0.29) is 6.54 Å². The van der Waals surface area contributed by atoms with E-state index in [4.69, 9.17) is 5.73 Å². The van der Waals surface area contributed by atoms with Gasteiger partial charge in [0.1, 0.15) is 0 Å². The number of urea groups is 1. The van der Waals surface area contributed by atoms with Crippen LogP contribution in [0, 0.1) is 0 Å². The highest BCUT2D eigenvalue weighted by atomic mass is 16.2. The van der Waals surface area contributed by atoms with Crippen LogP contribution in [0.25, 0.3) is 10.9 Å². The number of likely N-dealkylation sites (N-methyl/N-ethyl adjacent to an activating group) is 1. The van der Waals surface area contributed by atoms with Crippen molar-refractivity contribution in [1.29, 1.82) is 0 Å². The predicted octanol–water partition coefficient (Wildman–Crippen LogP) is 0.738. The van der Waals surface area contributed by atoms with Crippen LogP contribution in [0.1, 0.15) is 5.56 Å². The largest absolute Gasteiger partial charge is 0.398 e. The summed E-state index contributed by atoms with van der Waals surface area (Å²) in [5.74, 6) is -1.66. The van der Waals surface area contributed by atoms with Gasteiger partial charge in [0, 0.05) is 24.3 Å². The van der Waals surface area contributed by atoms with E-state index in [9.17, 15) is 14.4 Å². The predicted molar refractivity (Wildman–Crippen MR) is 74.9 cm³/mol. The zero-order valence-electron chi connectivity index (χ0n) is 11.2. The Balaban J connectivity index is 2.04. The summed E-state index contributed by atoms with van der Waals surface area (Å²) >= 11 is 0. The van der Waals surface area contributed by atoms with Gasteiger partial charge in [-0.25, -0.2) is 4.79 Å². The number of imide groups is 2. The molecule has 7 nitrogen and oxygen atoms in total. The second kappa shape index (κ2) is 4.55. The quantitative estimate of drug-likeness (QED) is 0.498. The molecule has 1 saturated heterocycles. The van der Waals surface area contributed by atoms with Crippen molar-refractivity contribution in [2.45, 2.75) is 6.54 Å². The van der Waals surface area contributed by atoms with Crippen LogP contribution in [-0.2, 0) is 16.1 Å². The Kier molecular flexibility index (Phi) is 2.83. The minimum Gasteiger partial charge on any atom is -0.398 e. The first-order chi connectivity index (χ1) is 10.0. The summed E-state index contributed by atoms with van der Waals surface area (Å²) in [7, 11) is 1.28. The molecule has 4 amide bonds. The molecular formula is C14H12N4O3. The number of aromatic nitrogens is 1. The summed E-state index contributed by atoms with van der Waals surface area (Å²) in [5.41, 5.74) is 7.71. The fraction of sp³-hybridized carbons (Fsp3) is 0.143. The second-order valence-corrected chi connectivity index (χ2v) is 4.75. The van der Waals surface area contributed by atoms with Crippen molar-refractivity contribution in [1.82, 2.24) is 14.8 Å². The third kappa shape index (κ3) is 1.90. The van der Waals surface area contributed by atoms with Crippen LogP contribution in [0.15, 0.2) is 30.5 Å². The summed E-state index contributed by atoms with van der Waals surface area (Å²) in [6, 6.07) is 6.33. The molecule has 0 radical (unpaired) electrons. The van der Waals surface area contributed by atoms with Crippen molar-refractivity contribution in [3.8, 4) is 0 Å². The standard InChI is InChI=1S/C14H12N4O3/c1-17-12(19)13(20)18(14(17)21)7-8-4-5-10(15)9-3-2-6-16-11(8)9/h2-6H,7,15H2,1H3. The molecule has 1 aromatic carbocycles. The molecule has 1 aromatic heterocycles. The normalized spacial score (nSPS) is 15.4. The number of nitrogens with two attached hydrogens (primary N) is 1. The van der Waals surface area contributed by atoms with Crippen LogP contribution >= 0.6 is 0 Å². The first-order valence-electron chi connectivity index (χ1n) is 6.26. The van der Waals surface area contributed by atoms with Gasteiger partial charge in [-0.3, -0.25) is 24.4 Å². The monoisotopic (exact) mass is 284 g/mol. The number of fused-ring (bicyclic) bond motifs is 1. The summed E-state index contributed by atoms with van der Waals surface area (Å²) < 4.78 is 0. The number of hydrogen-bond acceptors (Lipinski definition) is 5. The van der Waals surface area contributed by atoms with Gasteiger partial charge < -0.3 is 5.73 Å². The van der Waals surface area contributed by atoms with E-state index in [0.29, 0.717) is 16.8 Å². The lowest BCUT2D eigenvalue weighted by atomic mass is 10.1. The Labute approximate surface area is 119 Å². The van der Waals surface area contributed by atoms with E-state index in [1.807, 2.05) is 6.07 Å². The Morgan fingerprint density at radius 1 is 1.14 bits per heavy atom. The first kappa shape index (κ1) is 13.0. The summed E-state index contributed by atoms with van der Waals surface area (Å²) in [6.45, 7) is -0.0124. The average molecular weight is 284 g/mol. The molecule has 2 heterocycles. The Morgan fingerprint density at radius 2 is 1.90 bits per heavy atom. The molecule has 0 unspecified atom stereocenters. The lowest BCUT2D eigenvalue weighted by molar-refractivity contribution is -0.143. The number of amides is 4. The van der Waals surface area contributed by atoms with E-state index in [0.717, 1.165) is 15.2 Å². The number of carbonyl (C=O) groups excluding carboxylic acids is 3. The summed E-state index contributed by atoms with van der Waals surface area (Å²) in [6.07, 6.45) is 1.61. The summed E-state index contributed by atoms with van der Waals surface area (Å²) in [5, 5.41) is 0.744. The van der Waals surface area contributed by atoms with Crippen molar-refractivity contribution in [2.24, 2.45) is 0 Å². The number of nitrogens with zero attached hydrogens (tertiary/aromatic N) is 3. The van der Waals surface area contributed by atoms with Crippen molar-refractivity contribution in [3.63, 3.8) is 0 Å². The number of pyridine rings is 1. The number of anilines is 1. The van der Waals surface area contributed by atoms with Gasteiger partial charge in [-0.05, 0) is 23.8 Å². The highest BCUT2D eigenvalue weighted by Gasteiger charge is 2.42. The van der Waals surface area contributed by atoms with Gasteiger partial charge in [0.05, 0.1) is 12.1 Å². The molecule has 3 rings (SSSR count). The van der Waals surface area contributed by atoms with Gasteiger partial charge in [-0.2, -0.15) is 0 Å². The smallest absolute Gasteiger partial charge is 0.334 e. The van der Waals surface area contributed by atoms with Gasteiger partial charge >= 0.3 is 17.8 Å². The minimum absolute atomic E-state index is 0.0124. The molecule has 2 N–H and O–H groups in total. The van der Waals surface area contributed by atoms with Crippen LogP contribution in [0.5, 0.6) is 0 Å². The third-order valence-corrected chi connectivity index (χ3v) is 3.47. The lowest BCUT2D eigenvalue weighted by Gasteiger charge is -2.14. The van der Waals surface area contributed by atoms with Gasteiger partial charge in [0.2, 0.25) is 0 Å². The lowest BCUT2D eigenvalue weighted by Crippen LogP contribution is -2.31. The van der Waals surface area contributed by atoms with Crippen LogP contribution < -0.4 is 5.73 Å². The molecule has 7 heteroatoms. The van der Waals surface area contributed by atoms with E-state index >= 15 is 0 Å². The maximum absolute atomic E-state index is 11.9. The minimum atomic E-state index is -0.830. The van der Waals surface area contributed by atoms with Crippen molar-refractivity contribution in [3.05, 3.63) is 36.0 Å². The van der Waals surface area contributed by atoms with Crippen LogP contribution in [0.3, 0.4) is 0 Å². The molecule has 106 valence electrons. The van der Waals surface area contributed by atoms with Crippen LogP contribution in [0.2, 0.25) is 0 Å². The molecule has 0 saturated carbocycles. The van der Waals surface area contributed by atoms with Gasteiger partial charge in [-0.1, -0.05) is 6.07 Å².